The van der Waals surface area contributed by atoms with Gasteiger partial charge in [-0.3, -0.25) is 0 Å². The summed E-state index contributed by atoms with van der Waals surface area (Å²) in [7, 11) is 1.36. The largest absolute Gasteiger partial charge is 0.465 e. The number of methoxy groups -OCH3 is 1. The average molecular weight is 308 g/mol. The van der Waals surface area contributed by atoms with E-state index in [2.05, 4.69) is 10.6 Å². The van der Waals surface area contributed by atoms with Crippen molar-refractivity contribution in [1.82, 2.24) is 5.32 Å². The third kappa shape index (κ3) is 4.41. The Morgan fingerprint density at radius 3 is 3.00 bits per heavy atom. The summed E-state index contributed by atoms with van der Waals surface area (Å²) in [4.78, 5) is 11.5. The Morgan fingerprint density at radius 1 is 1.52 bits per heavy atom. The molecule has 2 rings (SSSR count). The molecule has 114 valence electrons. The minimum absolute atomic E-state index is 0.229. The highest BCUT2D eigenvalue weighted by Gasteiger charge is 2.15. The predicted molar refractivity (Wildman–Crippen MR) is 85.7 cm³/mol. The Kier molecular flexibility index (Phi) is 5.52. The number of rotatable bonds is 4. The summed E-state index contributed by atoms with van der Waals surface area (Å²) >= 11 is 5.27. The van der Waals surface area contributed by atoms with Crippen LogP contribution in [-0.4, -0.2) is 37.4 Å². The van der Waals surface area contributed by atoms with Crippen molar-refractivity contribution >= 4 is 29.0 Å². The molecule has 1 aliphatic heterocycles. The molecule has 5 nitrogen and oxygen atoms in total. The highest BCUT2D eigenvalue weighted by molar-refractivity contribution is 7.80. The lowest BCUT2D eigenvalue weighted by atomic mass is 10.1. The van der Waals surface area contributed by atoms with E-state index in [1.807, 2.05) is 13.0 Å². The monoisotopic (exact) mass is 308 g/mol. The minimum atomic E-state index is -0.365. The molecule has 0 amide bonds. The lowest BCUT2D eigenvalue weighted by Crippen LogP contribution is -2.35. The van der Waals surface area contributed by atoms with E-state index >= 15 is 0 Å². The number of carbonyl (C=O) groups is 1. The molecule has 1 saturated heterocycles. The Bertz CT molecular complexity index is 528. The van der Waals surface area contributed by atoms with Crippen molar-refractivity contribution in [1.29, 1.82) is 0 Å². The highest BCUT2D eigenvalue weighted by Crippen LogP contribution is 2.17. The molecule has 21 heavy (non-hydrogen) atoms. The second-order valence-corrected chi connectivity index (χ2v) is 5.40. The van der Waals surface area contributed by atoms with Gasteiger partial charge in [0.25, 0.3) is 0 Å². The van der Waals surface area contributed by atoms with E-state index in [-0.39, 0.29) is 12.1 Å². The van der Waals surface area contributed by atoms with Crippen LogP contribution >= 0.6 is 12.2 Å². The predicted octanol–water partition coefficient (Wildman–Crippen LogP) is 2.25. The smallest absolute Gasteiger partial charge is 0.337 e. The van der Waals surface area contributed by atoms with Crippen molar-refractivity contribution in [3.63, 3.8) is 0 Å². The first kappa shape index (κ1) is 15.7. The van der Waals surface area contributed by atoms with E-state index < -0.39 is 0 Å². The SMILES string of the molecule is COC(=O)c1ccc(C)c(NC(=S)NC[C@H]2CCCO2)c1. The molecule has 1 aromatic carbocycles. The van der Waals surface area contributed by atoms with Crippen molar-refractivity contribution in [2.24, 2.45) is 0 Å². The van der Waals surface area contributed by atoms with Crippen LogP contribution in [0.4, 0.5) is 5.69 Å². The summed E-state index contributed by atoms with van der Waals surface area (Å²) in [6.45, 7) is 3.47. The average Bonchev–Trinajstić information content (AvgIpc) is 3.00. The molecule has 1 aromatic rings. The lowest BCUT2D eigenvalue weighted by molar-refractivity contribution is 0.0601. The molecule has 1 fully saturated rings. The van der Waals surface area contributed by atoms with Gasteiger partial charge in [0.2, 0.25) is 0 Å². The van der Waals surface area contributed by atoms with Crippen molar-refractivity contribution in [3.8, 4) is 0 Å². The van der Waals surface area contributed by atoms with Gasteiger partial charge in [0.05, 0.1) is 18.8 Å². The van der Waals surface area contributed by atoms with Gasteiger partial charge in [-0.15, -0.1) is 0 Å². The second kappa shape index (κ2) is 7.38. The van der Waals surface area contributed by atoms with E-state index in [0.717, 1.165) is 30.7 Å². The van der Waals surface area contributed by atoms with E-state index in [1.54, 1.807) is 12.1 Å². The molecular weight excluding hydrogens is 288 g/mol. The molecule has 0 saturated carbocycles. The summed E-state index contributed by atoms with van der Waals surface area (Å²) in [6.07, 6.45) is 2.39. The first-order chi connectivity index (χ1) is 10.1. The van der Waals surface area contributed by atoms with Crippen molar-refractivity contribution in [3.05, 3.63) is 29.3 Å². The van der Waals surface area contributed by atoms with E-state index in [9.17, 15) is 4.79 Å². The van der Waals surface area contributed by atoms with Crippen LogP contribution in [0, 0.1) is 6.92 Å². The maximum absolute atomic E-state index is 11.5. The summed E-state index contributed by atoms with van der Waals surface area (Å²) in [5.74, 6) is -0.365. The van der Waals surface area contributed by atoms with Gasteiger partial charge in [-0.1, -0.05) is 6.07 Å². The van der Waals surface area contributed by atoms with Crippen LogP contribution in [0.5, 0.6) is 0 Å². The molecule has 0 spiro atoms. The molecule has 0 bridgehead atoms. The Balaban J connectivity index is 1.94. The molecule has 6 heteroatoms. The van der Waals surface area contributed by atoms with Gasteiger partial charge in [0, 0.05) is 18.8 Å². The first-order valence-corrected chi connectivity index (χ1v) is 7.36. The number of carbonyl (C=O) groups excluding carboxylic acids is 1. The molecular formula is C15H20N2O3S. The van der Waals surface area contributed by atoms with Crippen LogP contribution in [0.25, 0.3) is 0 Å². The lowest BCUT2D eigenvalue weighted by Gasteiger charge is -2.15. The molecule has 1 atom stereocenters. The fourth-order valence-electron chi connectivity index (χ4n) is 2.18. The number of aryl methyl sites for hydroxylation is 1. The number of nitrogens with one attached hydrogen (secondary N) is 2. The number of hydrogen-bond donors (Lipinski definition) is 2. The summed E-state index contributed by atoms with van der Waals surface area (Å²) in [6, 6.07) is 5.33. The van der Waals surface area contributed by atoms with Crippen LogP contribution < -0.4 is 10.6 Å². The number of hydrogen-bond acceptors (Lipinski definition) is 4. The van der Waals surface area contributed by atoms with Crippen LogP contribution in [0.15, 0.2) is 18.2 Å². The summed E-state index contributed by atoms with van der Waals surface area (Å²) in [5, 5.41) is 6.78. The standard InChI is InChI=1S/C15H20N2O3S/c1-10-5-6-11(14(18)19-2)8-13(10)17-15(21)16-9-12-4-3-7-20-12/h5-6,8,12H,3-4,7,9H2,1-2H3,(H2,16,17,21)/t12-/m1/s1. The zero-order chi connectivity index (χ0) is 15.2. The molecule has 2 N–H and O–H groups in total. The topological polar surface area (TPSA) is 59.6 Å². The van der Waals surface area contributed by atoms with E-state index in [4.69, 9.17) is 21.7 Å². The fraction of sp³-hybridized carbons (Fsp3) is 0.467. The Labute approximate surface area is 130 Å². The maximum Gasteiger partial charge on any atom is 0.337 e. The summed E-state index contributed by atoms with van der Waals surface area (Å²) < 4.78 is 10.3. The molecule has 0 unspecified atom stereocenters. The normalized spacial score (nSPS) is 17.3. The molecule has 0 radical (unpaired) electrons. The van der Waals surface area contributed by atoms with Crippen molar-refractivity contribution in [2.75, 3.05) is 25.6 Å². The number of anilines is 1. The molecule has 0 aromatic heterocycles. The van der Waals surface area contributed by atoms with Gasteiger partial charge in [-0.2, -0.15) is 0 Å². The number of esters is 1. The zero-order valence-corrected chi connectivity index (χ0v) is 13.1. The third-order valence-corrected chi connectivity index (χ3v) is 3.67. The molecule has 0 aliphatic carbocycles. The van der Waals surface area contributed by atoms with Crippen LogP contribution in [0.2, 0.25) is 0 Å². The van der Waals surface area contributed by atoms with E-state index in [0.29, 0.717) is 17.2 Å². The number of thiocarbonyl (C=S) groups is 1. The van der Waals surface area contributed by atoms with Crippen molar-refractivity contribution < 1.29 is 14.3 Å². The van der Waals surface area contributed by atoms with Gasteiger partial charge in [0.15, 0.2) is 5.11 Å². The Morgan fingerprint density at radius 2 is 2.33 bits per heavy atom. The van der Waals surface area contributed by atoms with Gasteiger partial charge >= 0.3 is 5.97 Å². The first-order valence-electron chi connectivity index (χ1n) is 6.95. The van der Waals surface area contributed by atoms with Crippen LogP contribution in [-0.2, 0) is 9.47 Å². The quantitative estimate of drug-likeness (QED) is 0.657. The van der Waals surface area contributed by atoms with Gasteiger partial charge < -0.3 is 20.1 Å². The van der Waals surface area contributed by atoms with Gasteiger partial charge in [0.1, 0.15) is 0 Å². The molecule has 1 heterocycles. The van der Waals surface area contributed by atoms with Crippen molar-refractivity contribution in [2.45, 2.75) is 25.9 Å². The second-order valence-electron chi connectivity index (χ2n) is 4.99. The summed E-state index contributed by atoms with van der Waals surface area (Å²) in [5.41, 5.74) is 2.29. The molecule has 1 aliphatic rings. The number of benzene rings is 1. The van der Waals surface area contributed by atoms with Crippen LogP contribution in [0.1, 0.15) is 28.8 Å². The number of ether oxygens (including phenoxy) is 2. The van der Waals surface area contributed by atoms with Gasteiger partial charge in [-0.05, 0) is 49.7 Å². The highest BCUT2D eigenvalue weighted by atomic mass is 32.1. The van der Waals surface area contributed by atoms with Crippen LogP contribution in [0.3, 0.4) is 0 Å². The maximum atomic E-state index is 11.5. The van der Waals surface area contributed by atoms with Gasteiger partial charge in [-0.25, -0.2) is 4.79 Å². The van der Waals surface area contributed by atoms with E-state index in [1.165, 1.54) is 7.11 Å². The Hall–Kier alpha value is -1.66. The zero-order valence-electron chi connectivity index (χ0n) is 12.3. The minimum Gasteiger partial charge on any atom is -0.465 e. The fourth-order valence-corrected chi connectivity index (χ4v) is 2.37. The third-order valence-electron chi connectivity index (χ3n) is 3.42.